The van der Waals surface area contributed by atoms with Crippen LogP contribution in [0.4, 0.5) is 5.69 Å². The number of nitrogens with zero attached hydrogens (tertiary/aromatic N) is 1. The number of benzene rings is 2. The molecule has 0 radical (unpaired) electrons. The van der Waals surface area contributed by atoms with Gasteiger partial charge in [-0.05, 0) is 30.5 Å². The predicted octanol–water partition coefficient (Wildman–Crippen LogP) is 3.44. The highest BCUT2D eigenvalue weighted by atomic mass is 16.6. The van der Waals surface area contributed by atoms with Gasteiger partial charge in [-0.15, -0.1) is 0 Å². The van der Waals surface area contributed by atoms with Gasteiger partial charge in [-0.1, -0.05) is 37.3 Å². The fourth-order valence-electron chi connectivity index (χ4n) is 3.16. The minimum Gasteiger partial charge on any atom is -0.486 e. The van der Waals surface area contributed by atoms with Crippen LogP contribution in [0.25, 0.3) is 0 Å². The summed E-state index contributed by atoms with van der Waals surface area (Å²) in [5.74, 6) is 1.12. The van der Waals surface area contributed by atoms with Gasteiger partial charge in [0.05, 0.1) is 6.54 Å². The highest BCUT2D eigenvalue weighted by Crippen LogP contribution is 2.32. The van der Waals surface area contributed by atoms with Crippen LogP contribution < -0.4 is 14.8 Å². The molecule has 1 N–H and O–H groups in total. The molecule has 6 nitrogen and oxygen atoms in total. The van der Waals surface area contributed by atoms with Crippen molar-refractivity contribution in [3.8, 4) is 11.5 Å². The van der Waals surface area contributed by atoms with Gasteiger partial charge in [0.1, 0.15) is 13.2 Å². The standard InChI is InChI=1S/C22H26N2O4/c1-3-24(22(26)13-16(2)17-7-5-4-6-8-17)15-21(25)23-18-9-10-19-20(14-18)28-12-11-27-19/h4-10,14,16H,3,11-13,15H2,1-2H3,(H,23,25). The third-order valence-electron chi connectivity index (χ3n) is 4.74. The average molecular weight is 382 g/mol. The maximum atomic E-state index is 12.6. The molecular formula is C22H26N2O4. The molecule has 0 bridgehead atoms. The Bertz CT molecular complexity index is 823. The zero-order valence-corrected chi connectivity index (χ0v) is 16.3. The third kappa shape index (κ3) is 5.03. The van der Waals surface area contributed by atoms with Crippen molar-refractivity contribution < 1.29 is 19.1 Å². The molecule has 28 heavy (non-hydrogen) atoms. The van der Waals surface area contributed by atoms with Crippen LogP contribution in [0.15, 0.2) is 48.5 Å². The first-order valence-electron chi connectivity index (χ1n) is 9.59. The fourth-order valence-corrected chi connectivity index (χ4v) is 3.16. The van der Waals surface area contributed by atoms with E-state index in [0.29, 0.717) is 43.4 Å². The number of likely N-dealkylation sites (N-methyl/N-ethyl adjacent to an activating group) is 1. The summed E-state index contributed by atoms with van der Waals surface area (Å²) in [4.78, 5) is 26.7. The predicted molar refractivity (Wildman–Crippen MR) is 108 cm³/mol. The summed E-state index contributed by atoms with van der Waals surface area (Å²) < 4.78 is 11.0. The Morgan fingerprint density at radius 1 is 1.07 bits per heavy atom. The van der Waals surface area contributed by atoms with Gasteiger partial charge in [0.15, 0.2) is 11.5 Å². The van der Waals surface area contributed by atoms with Crippen LogP contribution in [0.2, 0.25) is 0 Å². The van der Waals surface area contributed by atoms with E-state index in [0.717, 1.165) is 5.56 Å². The number of hydrogen-bond acceptors (Lipinski definition) is 4. The Balaban J connectivity index is 1.56. The lowest BCUT2D eigenvalue weighted by atomic mass is 9.97. The van der Waals surface area contributed by atoms with E-state index in [4.69, 9.17) is 9.47 Å². The molecule has 0 spiro atoms. The van der Waals surface area contributed by atoms with Crippen molar-refractivity contribution in [3.05, 3.63) is 54.1 Å². The topological polar surface area (TPSA) is 67.9 Å². The Hall–Kier alpha value is -3.02. The van der Waals surface area contributed by atoms with Crippen molar-refractivity contribution in [1.82, 2.24) is 4.90 Å². The van der Waals surface area contributed by atoms with Gasteiger partial charge in [0.25, 0.3) is 0 Å². The molecule has 148 valence electrons. The molecule has 3 rings (SSSR count). The molecule has 0 saturated carbocycles. The van der Waals surface area contributed by atoms with Gasteiger partial charge in [-0.2, -0.15) is 0 Å². The summed E-state index contributed by atoms with van der Waals surface area (Å²) in [6.07, 6.45) is 0.370. The largest absolute Gasteiger partial charge is 0.486 e. The highest BCUT2D eigenvalue weighted by Gasteiger charge is 2.19. The van der Waals surface area contributed by atoms with Gasteiger partial charge in [0, 0.05) is 24.7 Å². The van der Waals surface area contributed by atoms with Crippen LogP contribution in [-0.4, -0.2) is 43.0 Å². The number of carbonyl (C=O) groups excluding carboxylic acids is 2. The molecule has 1 heterocycles. The summed E-state index contributed by atoms with van der Waals surface area (Å²) >= 11 is 0. The maximum absolute atomic E-state index is 12.6. The van der Waals surface area contributed by atoms with Crippen LogP contribution in [-0.2, 0) is 9.59 Å². The number of amides is 2. The van der Waals surface area contributed by atoms with Crippen LogP contribution in [0, 0.1) is 0 Å². The number of carbonyl (C=O) groups is 2. The number of nitrogens with one attached hydrogen (secondary N) is 1. The summed E-state index contributed by atoms with van der Waals surface area (Å²) in [7, 11) is 0. The second-order valence-corrected chi connectivity index (χ2v) is 6.83. The zero-order chi connectivity index (χ0) is 19.9. The van der Waals surface area contributed by atoms with Crippen molar-refractivity contribution in [3.63, 3.8) is 0 Å². The van der Waals surface area contributed by atoms with E-state index in [1.807, 2.05) is 44.2 Å². The summed E-state index contributed by atoms with van der Waals surface area (Å²) in [6, 6.07) is 15.2. The number of anilines is 1. The first-order valence-corrected chi connectivity index (χ1v) is 9.59. The first-order chi connectivity index (χ1) is 13.6. The molecule has 0 aromatic heterocycles. The number of ether oxygens (including phenoxy) is 2. The molecule has 0 fully saturated rings. The molecule has 1 unspecified atom stereocenters. The lowest BCUT2D eigenvalue weighted by Crippen LogP contribution is -2.38. The van der Waals surface area contributed by atoms with Crippen molar-refractivity contribution in [2.45, 2.75) is 26.2 Å². The number of fused-ring (bicyclic) bond motifs is 1. The average Bonchev–Trinajstić information content (AvgIpc) is 2.72. The molecule has 2 aromatic rings. The van der Waals surface area contributed by atoms with E-state index in [1.54, 1.807) is 23.1 Å². The minimum absolute atomic E-state index is 0.0191. The lowest BCUT2D eigenvalue weighted by Gasteiger charge is -2.23. The van der Waals surface area contributed by atoms with E-state index in [9.17, 15) is 9.59 Å². The monoisotopic (exact) mass is 382 g/mol. The van der Waals surface area contributed by atoms with Crippen LogP contribution in [0.1, 0.15) is 31.7 Å². The first kappa shape index (κ1) is 19.7. The highest BCUT2D eigenvalue weighted by molar-refractivity contribution is 5.94. The van der Waals surface area contributed by atoms with Gasteiger partial charge < -0.3 is 19.7 Å². The second kappa shape index (κ2) is 9.26. The van der Waals surface area contributed by atoms with Crippen LogP contribution in [0.3, 0.4) is 0 Å². The van der Waals surface area contributed by atoms with Crippen molar-refractivity contribution >= 4 is 17.5 Å². The van der Waals surface area contributed by atoms with Gasteiger partial charge in [0.2, 0.25) is 11.8 Å². The molecule has 1 aliphatic heterocycles. The van der Waals surface area contributed by atoms with E-state index < -0.39 is 0 Å². The van der Waals surface area contributed by atoms with E-state index in [1.165, 1.54) is 0 Å². The Morgan fingerprint density at radius 2 is 1.79 bits per heavy atom. The van der Waals surface area contributed by atoms with Gasteiger partial charge in [-0.25, -0.2) is 0 Å². The lowest BCUT2D eigenvalue weighted by molar-refractivity contribution is -0.134. The Morgan fingerprint density at radius 3 is 2.50 bits per heavy atom. The molecule has 6 heteroatoms. The molecular weight excluding hydrogens is 356 g/mol. The summed E-state index contributed by atoms with van der Waals surface area (Å²) in [6.45, 7) is 5.41. The van der Waals surface area contributed by atoms with E-state index >= 15 is 0 Å². The smallest absolute Gasteiger partial charge is 0.243 e. The van der Waals surface area contributed by atoms with E-state index in [2.05, 4.69) is 5.32 Å². The molecule has 1 aliphatic rings. The third-order valence-corrected chi connectivity index (χ3v) is 4.74. The number of hydrogen-bond donors (Lipinski definition) is 1. The zero-order valence-electron chi connectivity index (χ0n) is 16.3. The fraction of sp³-hybridized carbons (Fsp3) is 0.364. The quantitative estimate of drug-likeness (QED) is 0.797. The van der Waals surface area contributed by atoms with Crippen LogP contribution >= 0.6 is 0 Å². The van der Waals surface area contributed by atoms with E-state index in [-0.39, 0.29) is 24.3 Å². The SMILES string of the molecule is CCN(CC(=O)Nc1ccc2c(c1)OCCO2)C(=O)CC(C)c1ccccc1. The maximum Gasteiger partial charge on any atom is 0.243 e. The second-order valence-electron chi connectivity index (χ2n) is 6.83. The van der Waals surface area contributed by atoms with Gasteiger partial charge >= 0.3 is 0 Å². The van der Waals surface area contributed by atoms with Crippen LogP contribution in [0.5, 0.6) is 11.5 Å². The summed E-state index contributed by atoms with van der Waals surface area (Å²) in [5.41, 5.74) is 1.74. The molecule has 2 amide bonds. The summed E-state index contributed by atoms with van der Waals surface area (Å²) in [5, 5.41) is 2.83. The Labute approximate surface area is 165 Å². The van der Waals surface area contributed by atoms with Crippen molar-refractivity contribution in [1.29, 1.82) is 0 Å². The number of rotatable bonds is 7. The molecule has 1 atom stereocenters. The van der Waals surface area contributed by atoms with Crippen molar-refractivity contribution in [2.24, 2.45) is 0 Å². The normalized spacial score (nSPS) is 13.5. The van der Waals surface area contributed by atoms with Gasteiger partial charge in [-0.3, -0.25) is 9.59 Å². The minimum atomic E-state index is -0.237. The molecule has 2 aromatic carbocycles. The molecule has 0 aliphatic carbocycles. The molecule has 0 saturated heterocycles. The van der Waals surface area contributed by atoms with Crippen molar-refractivity contribution in [2.75, 3.05) is 31.6 Å². The Kier molecular flexibility index (Phi) is 6.53.